The number of hydrogen-bond donors (Lipinski definition) is 1. The highest BCUT2D eigenvalue weighted by Crippen LogP contribution is 2.41. The van der Waals surface area contributed by atoms with Gasteiger partial charge in [-0.05, 0) is 12.5 Å². The van der Waals surface area contributed by atoms with E-state index in [0.29, 0.717) is 6.42 Å². The van der Waals surface area contributed by atoms with Gasteiger partial charge in [0.25, 0.3) is 0 Å². The van der Waals surface area contributed by atoms with E-state index >= 15 is 0 Å². The zero-order chi connectivity index (χ0) is 11.0. The zero-order valence-electron chi connectivity index (χ0n) is 8.47. The number of aliphatic carboxylic acids is 1. The number of β-lactam (4-membered cyclic amide) rings is 1. The summed E-state index contributed by atoms with van der Waals surface area (Å²) in [5.74, 6) is -1.06. The van der Waals surface area contributed by atoms with Crippen molar-refractivity contribution in [2.24, 2.45) is 0 Å². The molecule has 4 nitrogen and oxygen atoms in total. The third-order valence-electron chi connectivity index (χ3n) is 2.63. The molecule has 2 aliphatic heterocycles. The molecule has 0 spiro atoms. The molecule has 0 aromatic rings. The van der Waals surface area contributed by atoms with Crippen molar-refractivity contribution in [1.29, 1.82) is 0 Å². The second-order valence-electron chi connectivity index (χ2n) is 3.74. The lowest BCUT2D eigenvalue weighted by Gasteiger charge is -2.44. The molecule has 1 amide bonds. The number of hydrogen-bond acceptors (Lipinski definition) is 3. The first-order chi connectivity index (χ1) is 7.13. The van der Waals surface area contributed by atoms with E-state index in [1.165, 1.54) is 4.90 Å². The van der Waals surface area contributed by atoms with E-state index in [9.17, 15) is 9.59 Å². The van der Waals surface area contributed by atoms with Gasteiger partial charge in [-0.2, -0.15) is 0 Å². The summed E-state index contributed by atoms with van der Waals surface area (Å²) in [7, 11) is 0. The van der Waals surface area contributed by atoms with Crippen LogP contribution in [0, 0.1) is 0 Å². The summed E-state index contributed by atoms with van der Waals surface area (Å²) in [4.78, 5) is 23.6. The highest BCUT2D eigenvalue weighted by Gasteiger charge is 2.44. The number of amides is 1. The van der Waals surface area contributed by atoms with Crippen molar-refractivity contribution in [3.05, 3.63) is 11.8 Å². The molecule has 82 valence electrons. The predicted octanol–water partition coefficient (Wildman–Crippen LogP) is 1.43. The first-order valence-corrected chi connectivity index (χ1v) is 6.00. The minimum Gasteiger partial charge on any atom is -0.477 e. The average Bonchev–Trinajstić information content (AvgIpc) is 2.15. The number of carbonyl (C=O) groups excluding carboxylic acids is 1. The molecule has 0 radical (unpaired) electrons. The van der Waals surface area contributed by atoms with Gasteiger partial charge in [0, 0.05) is 5.25 Å². The van der Waals surface area contributed by atoms with Gasteiger partial charge in [0.1, 0.15) is 5.70 Å². The molecule has 0 aromatic carbocycles. The number of rotatable bonds is 3. The largest absolute Gasteiger partial charge is 0.477 e. The van der Waals surface area contributed by atoms with Gasteiger partial charge in [0.05, 0.1) is 11.8 Å². The van der Waals surface area contributed by atoms with Crippen molar-refractivity contribution in [2.75, 3.05) is 0 Å². The lowest BCUT2D eigenvalue weighted by Crippen LogP contribution is -2.54. The molecule has 0 saturated carbocycles. The van der Waals surface area contributed by atoms with Crippen molar-refractivity contribution >= 4 is 23.6 Å². The van der Waals surface area contributed by atoms with E-state index in [-0.39, 0.29) is 22.2 Å². The Bertz CT molecular complexity index is 340. The van der Waals surface area contributed by atoms with Gasteiger partial charge >= 0.3 is 5.97 Å². The fourth-order valence-electron chi connectivity index (χ4n) is 1.89. The maximum absolute atomic E-state index is 11.3. The van der Waals surface area contributed by atoms with Crippen LogP contribution in [0.5, 0.6) is 0 Å². The minimum absolute atomic E-state index is 0.0603. The lowest BCUT2D eigenvalue weighted by atomic mass is 10.1. The minimum atomic E-state index is -0.991. The molecule has 2 aliphatic rings. The van der Waals surface area contributed by atoms with Gasteiger partial charge < -0.3 is 5.11 Å². The van der Waals surface area contributed by atoms with Crippen molar-refractivity contribution in [3.8, 4) is 0 Å². The Morgan fingerprint density at radius 3 is 3.00 bits per heavy atom. The van der Waals surface area contributed by atoms with Crippen LogP contribution in [0.2, 0.25) is 0 Å². The van der Waals surface area contributed by atoms with Crippen LogP contribution in [0.15, 0.2) is 11.8 Å². The van der Waals surface area contributed by atoms with E-state index in [4.69, 9.17) is 5.11 Å². The van der Waals surface area contributed by atoms with Crippen LogP contribution in [0.3, 0.4) is 0 Å². The van der Waals surface area contributed by atoms with Crippen LogP contribution in [0.25, 0.3) is 0 Å². The van der Waals surface area contributed by atoms with Gasteiger partial charge in [-0.25, -0.2) is 4.79 Å². The number of fused-ring (bicyclic) bond motifs is 1. The molecule has 0 bridgehead atoms. The van der Waals surface area contributed by atoms with Crippen LogP contribution in [-0.2, 0) is 9.59 Å². The molecule has 5 heteroatoms. The Balaban J connectivity index is 2.21. The number of carboxylic acids is 1. The fourth-order valence-corrected chi connectivity index (χ4v) is 3.47. The van der Waals surface area contributed by atoms with Crippen LogP contribution >= 0.6 is 11.8 Å². The first-order valence-electron chi connectivity index (χ1n) is 5.06. The molecular formula is C10H13NO3S. The molecular weight excluding hydrogens is 214 g/mol. The molecule has 1 N–H and O–H groups in total. The molecule has 1 fully saturated rings. The van der Waals surface area contributed by atoms with E-state index in [1.807, 2.05) is 0 Å². The summed E-state index contributed by atoms with van der Waals surface area (Å²) in [6, 6.07) is 0. The molecule has 1 saturated heterocycles. The summed E-state index contributed by atoms with van der Waals surface area (Å²) in [6.07, 6.45) is 4.20. The number of carbonyl (C=O) groups is 2. The second kappa shape index (κ2) is 3.89. The normalized spacial score (nSPS) is 29.3. The lowest BCUT2D eigenvalue weighted by molar-refractivity contribution is -0.146. The van der Waals surface area contributed by atoms with Crippen molar-refractivity contribution in [3.63, 3.8) is 0 Å². The number of thioether (sulfide) groups is 1. The summed E-state index contributed by atoms with van der Waals surface area (Å²) in [6.45, 7) is 2.08. The average molecular weight is 227 g/mol. The summed E-state index contributed by atoms with van der Waals surface area (Å²) >= 11 is 1.70. The Morgan fingerprint density at radius 1 is 1.73 bits per heavy atom. The Kier molecular flexibility index (Phi) is 2.73. The highest BCUT2D eigenvalue weighted by molar-refractivity contribution is 8.00. The first kappa shape index (κ1) is 10.5. The molecule has 0 aromatic heterocycles. The van der Waals surface area contributed by atoms with Crippen LogP contribution < -0.4 is 0 Å². The smallest absolute Gasteiger partial charge is 0.352 e. The Hall–Kier alpha value is -0.970. The van der Waals surface area contributed by atoms with Gasteiger partial charge in [-0.15, -0.1) is 11.8 Å². The monoisotopic (exact) mass is 227 g/mol. The Labute approximate surface area is 92.3 Å². The maximum atomic E-state index is 11.3. The molecule has 2 heterocycles. The maximum Gasteiger partial charge on any atom is 0.352 e. The van der Waals surface area contributed by atoms with E-state index in [2.05, 4.69) is 6.92 Å². The molecule has 1 unspecified atom stereocenters. The van der Waals surface area contributed by atoms with Crippen LogP contribution in [-0.4, -0.2) is 32.5 Å². The van der Waals surface area contributed by atoms with Crippen LogP contribution in [0.1, 0.15) is 26.2 Å². The second-order valence-corrected chi connectivity index (χ2v) is 5.16. The van der Waals surface area contributed by atoms with E-state index in [1.54, 1.807) is 17.8 Å². The fraction of sp³-hybridized carbons (Fsp3) is 0.600. The van der Waals surface area contributed by atoms with Crippen molar-refractivity contribution < 1.29 is 14.7 Å². The predicted molar refractivity (Wildman–Crippen MR) is 57.3 cm³/mol. The molecule has 2 atom stereocenters. The molecule has 2 rings (SSSR count). The standard InChI is InChI=1S/C10H13NO3S/c1-2-3-6-4-7(10(13)14)11-8(12)5-9(11)15-6/h4,6,9H,2-3,5H2,1H3,(H,13,14)/t6?,9-/m1/s1. The van der Waals surface area contributed by atoms with Crippen LogP contribution in [0.4, 0.5) is 0 Å². The third kappa shape index (κ3) is 1.76. The molecule has 15 heavy (non-hydrogen) atoms. The summed E-state index contributed by atoms with van der Waals surface area (Å²) in [5.41, 5.74) is 0.174. The van der Waals surface area contributed by atoms with E-state index < -0.39 is 5.97 Å². The molecule has 0 aliphatic carbocycles. The zero-order valence-corrected chi connectivity index (χ0v) is 9.29. The topological polar surface area (TPSA) is 57.6 Å². The third-order valence-corrected chi connectivity index (χ3v) is 4.05. The van der Waals surface area contributed by atoms with Gasteiger partial charge in [0.2, 0.25) is 5.91 Å². The van der Waals surface area contributed by atoms with Crippen molar-refractivity contribution in [1.82, 2.24) is 4.90 Å². The Morgan fingerprint density at radius 2 is 2.47 bits per heavy atom. The quantitative estimate of drug-likeness (QED) is 0.741. The van der Waals surface area contributed by atoms with Gasteiger partial charge in [-0.3, -0.25) is 9.69 Å². The van der Waals surface area contributed by atoms with Crippen molar-refractivity contribution in [2.45, 2.75) is 36.8 Å². The van der Waals surface area contributed by atoms with Gasteiger partial charge in [-0.1, -0.05) is 13.3 Å². The summed E-state index contributed by atoms with van der Waals surface area (Å²) < 4.78 is 0. The van der Waals surface area contributed by atoms with Gasteiger partial charge in [0.15, 0.2) is 0 Å². The number of nitrogens with zero attached hydrogens (tertiary/aromatic N) is 1. The highest BCUT2D eigenvalue weighted by atomic mass is 32.2. The number of carboxylic acid groups (broad SMARTS) is 1. The SMILES string of the molecule is CCCC1C=C(C(=O)O)N2C(=O)C[C@H]2S1. The van der Waals surface area contributed by atoms with E-state index in [0.717, 1.165) is 12.8 Å². The summed E-state index contributed by atoms with van der Waals surface area (Å²) in [5, 5.41) is 9.30.